The van der Waals surface area contributed by atoms with Gasteiger partial charge in [0.25, 0.3) is 0 Å². The SMILES string of the molecule is CCCCCCCCCCCCCCCC(=O)c1ccc(C2CCCC2)cc1. The number of carbonyl (C=O) groups is 1. The average molecular weight is 385 g/mol. The van der Waals surface area contributed by atoms with Crippen LogP contribution in [0.3, 0.4) is 0 Å². The van der Waals surface area contributed by atoms with E-state index < -0.39 is 0 Å². The van der Waals surface area contributed by atoms with E-state index in [0.717, 1.165) is 24.3 Å². The molecule has 0 aromatic heterocycles. The second kappa shape index (κ2) is 14.8. The summed E-state index contributed by atoms with van der Waals surface area (Å²) in [5.74, 6) is 1.08. The number of hydrogen-bond acceptors (Lipinski definition) is 1. The highest BCUT2D eigenvalue weighted by Gasteiger charge is 2.17. The number of hydrogen-bond donors (Lipinski definition) is 0. The summed E-state index contributed by atoms with van der Waals surface area (Å²) in [7, 11) is 0. The molecule has 0 bridgehead atoms. The van der Waals surface area contributed by atoms with Crippen LogP contribution in [0.5, 0.6) is 0 Å². The van der Waals surface area contributed by atoms with Crippen molar-refractivity contribution in [3.63, 3.8) is 0 Å². The maximum Gasteiger partial charge on any atom is 0.162 e. The molecule has 0 unspecified atom stereocenters. The summed E-state index contributed by atoms with van der Waals surface area (Å²) in [4.78, 5) is 12.4. The first-order valence-corrected chi connectivity index (χ1v) is 12.4. The summed E-state index contributed by atoms with van der Waals surface area (Å²) in [5.41, 5.74) is 2.36. The molecular weight excluding hydrogens is 340 g/mol. The van der Waals surface area contributed by atoms with Crippen LogP contribution in [0.4, 0.5) is 0 Å². The van der Waals surface area contributed by atoms with Crippen LogP contribution in [0.15, 0.2) is 24.3 Å². The Hall–Kier alpha value is -1.11. The molecule has 1 heteroatoms. The lowest BCUT2D eigenvalue weighted by Crippen LogP contribution is -2.00. The Morgan fingerprint density at radius 2 is 1.18 bits per heavy atom. The summed E-state index contributed by atoms with van der Waals surface area (Å²) in [6.07, 6.45) is 23.7. The zero-order valence-corrected chi connectivity index (χ0v) is 18.5. The van der Waals surface area contributed by atoms with Crippen LogP contribution in [0, 0.1) is 0 Å². The molecular formula is C27H44O. The highest BCUT2D eigenvalue weighted by molar-refractivity contribution is 5.96. The molecule has 0 radical (unpaired) electrons. The van der Waals surface area contributed by atoms with E-state index in [9.17, 15) is 4.79 Å². The predicted octanol–water partition coefficient (Wildman–Crippen LogP) is 9.01. The fourth-order valence-corrected chi connectivity index (χ4v) is 4.65. The van der Waals surface area contributed by atoms with Gasteiger partial charge in [-0.25, -0.2) is 0 Å². The fraction of sp³-hybridized carbons (Fsp3) is 0.741. The maximum absolute atomic E-state index is 12.4. The van der Waals surface area contributed by atoms with E-state index in [2.05, 4.69) is 31.2 Å². The third-order valence-corrected chi connectivity index (χ3v) is 6.57. The maximum atomic E-state index is 12.4. The van der Waals surface area contributed by atoms with Gasteiger partial charge in [0, 0.05) is 12.0 Å². The zero-order chi connectivity index (χ0) is 19.9. The molecule has 2 rings (SSSR count). The number of Topliss-reactive ketones (excluding diaryl/α,β-unsaturated/α-hetero) is 1. The van der Waals surface area contributed by atoms with Crippen molar-refractivity contribution in [1.82, 2.24) is 0 Å². The molecule has 0 heterocycles. The summed E-state index contributed by atoms with van der Waals surface area (Å²) in [6, 6.07) is 8.54. The summed E-state index contributed by atoms with van der Waals surface area (Å²) in [5, 5.41) is 0. The van der Waals surface area contributed by atoms with Gasteiger partial charge in [0.1, 0.15) is 0 Å². The van der Waals surface area contributed by atoms with Gasteiger partial charge in [-0.05, 0) is 30.7 Å². The van der Waals surface area contributed by atoms with Crippen molar-refractivity contribution >= 4 is 5.78 Å². The van der Waals surface area contributed by atoms with Crippen molar-refractivity contribution in [2.24, 2.45) is 0 Å². The number of rotatable bonds is 16. The van der Waals surface area contributed by atoms with Crippen LogP contribution in [-0.2, 0) is 0 Å². The van der Waals surface area contributed by atoms with Crippen LogP contribution in [0.25, 0.3) is 0 Å². The Morgan fingerprint density at radius 3 is 1.68 bits per heavy atom. The first kappa shape index (κ1) is 23.2. The van der Waals surface area contributed by atoms with E-state index in [1.807, 2.05) is 0 Å². The molecule has 1 fully saturated rings. The molecule has 1 saturated carbocycles. The third-order valence-electron chi connectivity index (χ3n) is 6.57. The van der Waals surface area contributed by atoms with Gasteiger partial charge in [0.15, 0.2) is 5.78 Å². The molecule has 0 saturated heterocycles. The monoisotopic (exact) mass is 384 g/mol. The minimum Gasteiger partial charge on any atom is -0.294 e. The smallest absolute Gasteiger partial charge is 0.162 e. The molecule has 1 aliphatic carbocycles. The van der Waals surface area contributed by atoms with Gasteiger partial charge in [-0.1, -0.05) is 121 Å². The number of ketones is 1. The second-order valence-electron chi connectivity index (χ2n) is 9.02. The summed E-state index contributed by atoms with van der Waals surface area (Å²) in [6.45, 7) is 2.28. The molecule has 0 aliphatic heterocycles. The largest absolute Gasteiger partial charge is 0.294 e. The third kappa shape index (κ3) is 9.39. The Morgan fingerprint density at radius 1 is 0.714 bits per heavy atom. The standard InChI is InChI=1S/C27H44O/c1-2-3-4-5-6-7-8-9-10-11-12-13-14-19-27(28)26-22-20-25(21-23-26)24-17-15-16-18-24/h20-24H,2-19H2,1H3. The quantitative estimate of drug-likeness (QED) is 0.205. The van der Waals surface area contributed by atoms with Crippen LogP contribution in [0.2, 0.25) is 0 Å². The molecule has 0 spiro atoms. The van der Waals surface area contributed by atoms with Gasteiger partial charge in [-0.2, -0.15) is 0 Å². The second-order valence-corrected chi connectivity index (χ2v) is 9.02. The minimum absolute atomic E-state index is 0.334. The molecule has 1 aromatic rings. The number of carbonyl (C=O) groups excluding carboxylic acids is 1. The van der Waals surface area contributed by atoms with Crippen LogP contribution < -0.4 is 0 Å². The topological polar surface area (TPSA) is 17.1 Å². The van der Waals surface area contributed by atoms with Gasteiger partial charge in [-0.3, -0.25) is 4.79 Å². The van der Waals surface area contributed by atoms with E-state index in [0.29, 0.717) is 5.78 Å². The Bertz CT molecular complexity index is 510. The lowest BCUT2D eigenvalue weighted by atomic mass is 9.95. The normalized spacial score (nSPS) is 14.6. The van der Waals surface area contributed by atoms with Crippen LogP contribution >= 0.6 is 0 Å². The zero-order valence-electron chi connectivity index (χ0n) is 18.5. The van der Waals surface area contributed by atoms with E-state index in [-0.39, 0.29) is 0 Å². The summed E-state index contributed by atoms with van der Waals surface area (Å²) >= 11 is 0. The predicted molar refractivity (Wildman–Crippen MR) is 122 cm³/mol. The molecule has 1 aromatic carbocycles. The van der Waals surface area contributed by atoms with E-state index in [1.165, 1.54) is 108 Å². The Balaban J connectivity index is 1.43. The van der Waals surface area contributed by atoms with Crippen molar-refractivity contribution in [2.75, 3.05) is 0 Å². The first-order chi connectivity index (χ1) is 13.8. The molecule has 0 amide bonds. The van der Waals surface area contributed by atoms with Crippen LogP contribution in [-0.4, -0.2) is 5.78 Å². The molecule has 158 valence electrons. The fourth-order valence-electron chi connectivity index (χ4n) is 4.65. The molecule has 1 nitrogen and oxygen atoms in total. The lowest BCUT2D eigenvalue weighted by molar-refractivity contribution is 0.0979. The number of benzene rings is 1. The lowest BCUT2D eigenvalue weighted by Gasteiger charge is -2.10. The summed E-state index contributed by atoms with van der Waals surface area (Å²) < 4.78 is 0. The minimum atomic E-state index is 0.334. The molecule has 1 aliphatic rings. The van der Waals surface area contributed by atoms with Crippen molar-refractivity contribution in [1.29, 1.82) is 0 Å². The van der Waals surface area contributed by atoms with Gasteiger partial charge >= 0.3 is 0 Å². The molecule has 28 heavy (non-hydrogen) atoms. The van der Waals surface area contributed by atoms with E-state index in [1.54, 1.807) is 0 Å². The average Bonchev–Trinajstić information content (AvgIpc) is 3.26. The Kier molecular flexibility index (Phi) is 12.3. The van der Waals surface area contributed by atoms with Crippen molar-refractivity contribution in [2.45, 2.75) is 128 Å². The van der Waals surface area contributed by atoms with Crippen molar-refractivity contribution in [3.8, 4) is 0 Å². The molecule has 0 N–H and O–H groups in total. The Labute approximate surface area is 174 Å². The molecule has 0 atom stereocenters. The van der Waals surface area contributed by atoms with Gasteiger partial charge in [-0.15, -0.1) is 0 Å². The first-order valence-electron chi connectivity index (χ1n) is 12.4. The van der Waals surface area contributed by atoms with Crippen molar-refractivity contribution < 1.29 is 4.79 Å². The van der Waals surface area contributed by atoms with Crippen molar-refractivity contribution in [3.05, 3.63) is 35.4 Å². The van der Waals surface area contributed by atoms with Gasteiger partial charge in [0.05, 0.1) is 0 Å². The van der Waals surface area contributed by atoms with E-state index in [4.69, 9.17) is 0 Å². The van der Waals surface area contributed by atoms with E-state index >= 15 is 0 Å². The van der Waals surface area contributed by atoms with Crippen LogP contribution in [0.1, 0.15) is 144 Å². The number of unbranched alkanes of at least 4 members (excludes halogenated alkanes) is 12. The van der Waals surface area contributed by atoms with Gasteiger partial charge in [0.2, 0.25) is 0 Å². The highest BCUT2D eigenvalue weighted by atomic mass is 16.1. The van der Waals surface area contributed by atoms with Gasteiger partial charge < -0.3 is 0 Å². The highest BCUT2D eigenvalue weighted by Crippen LogP contribution is 2.34.